The first-order valence-electron chi connectivity index (χ1n) is 10.8. The predicted octanol–water partition coefficient (Wildman–Crippen LogP) is 5.71. The zero-order valence-electron chi connectivity index (χ0n) is 19.3. The van der Waals surface area contributed by atoms with E-state index < -0.39 is 0 Å². The van der Waals surface area contributed by atoms with Gasteiger partial charge in [-0.25, -0.2) is 0 Å². The summed E-state index contributed by atoms with van der Waals surface area (Å²) in [6.45, 7) is 7.38. The van der Waals surface area contributed by atoms with Gasteiger partial charge >= 0.3 is 17.1 Å². The number of rotatable bonds is 7. The average Bonchev–Trinajstić information content (AvgIpc) is 3.42. The van der Waals surface area contributed by atoms with Crippen molar-refractivity contribution in [3.63, 3.8) is 0 Å². The van der Waals surface area contributed by atoms with Crippen molar-refractivity contribution in [3.05, 3.63) is 98.7 Å². The largest absolute Gasteiger partial charge is 2.00 e. The summed E-state index contributed by atoms with van der Waals surface area (Å²) >= 11 is 6.16. The molecule has 2 aliphatic carbocycles. The van der Waals surface area contributed by atoms with Gasteiger partial charge in [-0.2, -0.15) is 0 Å². The molecule has 0 spiro atoms. The summed E-state index contributed by atoms with van der Waals surface area (Å²) in [6, 6.07) is 8.09. The van der Waals surface area contributed by atoms with Crippen molar-refractivity contribution < 1.29 is 17.1 Å². The Morgan fingerprint density at radius 3 is 2.09 bits per heavy atom. The molecular weight excluding hydrogens is 458 g/mol. The van der Waals surface area contributed by atoms with Crippen LogP contribution in [0.15, 0.2) is 30.5 Å². The van der Waals surface area contributed by atoms with Crippen molar-refractivity contribution in [1.82, 2.24) is 9.88 Å². The summed E-state index contributed by atoms with van der Waals surface area (Å²) in [4.78, 5) is 9.19. The van der Waals surface area contributed by atoms with E-state index in [0.29, 0.717) is 5.92 Å². The van der Waals surface area contributed by atoms with Gasteiger partial charge in [0.1, 0.15) is 0 Å². The fourth-order valence-electron chi connectivity index (χ4n) is 3.74. The monoisotopic (exact) mass is 489 g/mol. The van der Waals surface area contributed by atoms with Gasteiger partial charge in [-0.1, -0.05) is 25.4 Å². The molecule has 5 heteroatoms. The Balaban J connectivity index is 0.000000534. The number of anilines is 1. The SMILES string of the molecule is CC(C)CN(C[C]1[CH][CH][CH][C]1CN(C)C)c1ccnc2cc(Cl)ccc12.[CH]1[CH][CH][CH][CH]1.[Fe+2]. The third kappa shape index (κ3) is 8.20. The molecule has 0 unspecified atom stereocenters. The van der Waals surface area contributed by atoms with E-state index in [4.69, 9.17) is 11.6 Å². The van der Waals surface area contributed by atoms with E-state index in [-0.39, 0.29) is 17.1 Å². The summed E-state index contributed by atoms with van der Waals surface area (Å²) in [5, 5.41) is 1.88. The first kappa shape index (κ1) is 27.4. The molecule has 4 rings (SSSR count). The van der Waals surface area contributed by atoms with E-state index in [1.807, 2.05) is 50.4 Å². The molecule has 168 valence electrons. The van der Waals surface area contributed by atoms with E-state index >= 15 is 0 Å². The van der Waals surface area contributed by atoms with Crippen LogP contribution in [-0.4, -0.2) is 43.6 Å². The van der Waals surface area contributed by atoms with Crippen molar-refractivity contribution in [2.45, 2.75) is 13.8 Å². The Bertz CT molecular complexity index is 799. The zero-order chi connectivity index (χ0) is 22.2. The van der Waals surface area contributed by atoms with Crippen LogP contribution < -0.4 is 4.90 Å². The van der Waals surface area contributed by atoms with E-state index in [9.17, 15) is 0 Å². The molecule has 3 nitrogen and oxygen atoms in total. The molecule has 0 atom stereocenters. The van der Waals surface area contributed by atoms with Crippen LogP contribution in [0.25, 0.3) is 10.9 Å². The minimum Gasteiger partial charge on any atom is -0.370 e. The second kappa shape index (κ2) is 13.8. The minimum absolute atomic E-state index is 0. The van der Waals surface area contributed by atoms with Gasteiger partial charge in [-0.15, -0.1) is 0 Å². The minimum atomic E-state index is 0. The van der Waals surface area contributed by atoms with Gasteiger partial charge in [-0.3, -0.25) is 4.98 Å². The molecule has 2 aromatic rings. The Morgan fingerprint density at radius 1 is 0.875 bits per heavy atom. The van der Waals surface area contributed by atoms with Crippen LogP contribution in [0.4, 0.5) is 5.69 Å². The quantitative estimate of drug-likeness (QED) is 0.465. The zero-order valence-corrected chi connectivity index (χ0v) is 21.1. The second-order valence-electron chi connectivity index (χ2n) is 8.54. The predicted molar refractivity (Wildman–Crippen MR) is 133 cm³/mol. The Hall–Kier alpha value is -0.801. The molecule has 2 aliphatic rings. The normalized spacial score (nSPS) is 17.0. The number of nitrogens with zero attached hydrogens (tertiary/aromatic N) is 3. The maximum Gasteiger partial charge on any atom is 2.00 e. The smallest absolute Gasteiger partial charge is 0.370 e. The van der Waals surface area contributed by atoms with E-state index in [1.54, 1.807) is 0 Å². The molecular formula is C27H32ClFeN3+2. The topological polar surface area (TPSA) is 19.4 Å². The van der Waals surface area contributed by atoms with Crippen molar-refractivity contribution in [2.24, 2.45) is 5.92 Å². The molecule has 1 heterocycles. The van der Waals surface area contributed by atoms with E-state index in [1.165, 1.54) is 17.5 Å². The van der Waals surface area contributed by atoms with Crippen LogP contribution in [0.1, 0.15) is 13.8 Å². The molecule has 0 N–H and O–H groups in total. The van der Waals surface area contributed by atoms with Crippen LogP contribution in [0.2, 0.25) is 5.02 Å². The molecule has 32 heavy (non-hydrogen) atoms. The maximum atomic E-state index is 6.16. The van der Waals surface area contributed by atoms with Gasteiger partial charge in [0.25, 0.3) is 0 Å². The molecule has 1 aromatic heterocycles. The number of pyridine rings is 1. The first-order valence-corrected chi connectivity index (χ1v) is 11.2. The number of aromatic nitrogens is 1. The molecule has 2 saturated carbocycles. The Morgan fingerprint density at radius 2 is 1.50 bits per heavy atom. The summed E-state index contributed by atoms with van der Waals surface area (Å²) in [6.07, 6.45) is 18.5. The summed E-state index contributed by atoms with van der Waals surface area (Å²) in [5.41, 5.74) is 2.16. The number of halogens is 1. The second-order valence-corrected chi connectivity index (χ2v) is 8.98. The van der Waals surface area contributed by atoms with Gasteiger partial charge in [0, 0.05) is 53.8 Å². The van der Waals surface area contributed by atoms with Crippen LogP contribution in [0.3, 0.4) is 0 Å². The maximum absolute atomic E-state index is 6.16. The average molecular weight is 490 g/mol. The Kier molecular flexibility index (Phi) is 11.8. The molecule has 10 radical (unpaired) electrons. The number of benzene rings is 1. The molecule has 0 bridgehead atoms. The van der Waals surface area contributed by atoms with Gasteiger partial charge in [0.2, 0.25) is 0 Å². The third-order valence-corrected chi connectivity index (χ3v) is 5.25. The molecule has 0 saturated heterocycles. The van der Waals surface area contributed by atoms with E-state index in [0.717, 1.165) is 35.6 Å². The van der Waals surface area contributed by atoms with E-state index in [2.05, 4.69) is 74.1 Å². The number of fused-ring (bicyclic) bond motifs is 1. The van der Waals surface area contributed by atoms with Crippen LogP contribution in [0, 0.1) is 69.1 Å². The standard InChI is InChI=1S/C22H27ClN3.C5H5.Fe/c1-16(2)13-26(15-18-7-5-6-17(18)14-25(3)4)22-10-11-24-21-12-19(23)8-9-20(21)22;1-2-4-5-3-1;/h5-12,16H,13-15H2,1-4H3;1-5H;/q;;+2. The molecule has 2 fully saturated rings. The fourth-order valence-corrected chi connectivity index (χ4v) is 3.91. The van der Waals surface area contributed by atoms with Crippen LogP contribution in [-0.2, 0) is 17.1 Å². The van der Waals surface area contributed by atoms with Crippen molar-refractivity contribution in [2.75, 3.05) is 38.6 Å². The molecule has 1 aromatic carbocycles. The van der Waals surface area contributed by atoms with Gasteiger partial charge in [-0.05, 0) is 95.6 Å². The molecule has 0 aliphatic heterocycles. The van der Waals surface area contributed by atoms with Crippen molar-refractivity contribution >= 4 is 28.2 Å². The third-order valence-electron chi connectivity index (χ3n) is 5.02. The number of hydrogen-bond donors (Lipinski definition) is 0. The van der Waals surface area contributed by atoms with Gasteiger partial charge in [0.15, 0.2) is 0 Å². The van der Waals surface area contributed by atoms with Crippen molar-refractivity contribution in [3.8, 4) is 0 Å². The van der Waals surface area contributed by atoms with Crippen LogP contribution in [0.5, 0.6) is 0 Å². The summed E-state index contributed by atoms with van der Waals surface area (Å²) in [7, 11) is 4.23. The van der Waals surface area contributed by atoms with Gasteiger partial charge in [0.05, 0.1) is 5.52 Å². The summed E-state index contributed by atoms with van der Waals surface area (Å²) in [5.74, 6) is 3.35. The fraction of sp³-hybridized carbons (Fsp3) is 0.296. The first-order chi connectivity index (χ1) is 14.9. The van der Waals surface area contributed by atoms with Crippen LogP contribution >= 0.6 is 11.6 Å². The van der Waals surface area contributed by atoms with Crippen molar-refractivity contribution in [1.29, 1.82) is 0 Å². The Labute approximate surface area is 211 Å². The number of hydrogen-bond acceptors (Lipinski definition) is 3. The summed E-state index contributed by atoms with van der Waals surface area (Å²) < 4.78 is 0. The van der Waals surface area contributed by atoms with Gasteiger partial charge < -0.3 is 9.80 Å². The molecule has 0 amide bonds.